The Morgan fingerprint density at radius 2 is 1.70 bits per heavy atom. The predicted molar refractivity (Wildman–Crippen MR) is 110 cm³/mol. The van der Waals surface area contributed by atoms with Gasteiger partial charge in [-0.1, -0.05) is 47.5 Å². The molecule has 0 saturated heterocycles. The van der Waals surface area contributed by atoms with Crippen LogP contribution in [-0.4, -0.2) is 38.5 Å². The Morgan fingerprint density at radius 1 is 1.00 bits per heavy atom. The minimum atomic E-state index is -0.196. The first-order valence-electron chi connectivity index (χ1n) is 8.72. The molecule has 2 aromatic carbocycles. The second kappa shape index (κ2) is 10.3. The first kappa shape index (κ1) is 21.2. The number of amides is 2. The van der Waals surface area contributed by atoms with E-state index in [1.165, 1.54) is 11.1 Å². The zero-order chi connectivity index (χ0) is 19.8. The lowest BCUT2D eigenvalue weighted by Crippen LogP contribution is -3.11. The second-order valence-electron chi connectivity index (χ2n) is 6.51. The van der Waals surface area contributed by atoms with Crippen LogP contribution in [0.4, 0.5) is 5.69 Å². The third kappa shape index (κ3) is 7.21. The van der Waals surface area contributed by atoms with E-state index < -0.39 is 0 Å². The van der Waals surface area contributed by atoms with Gasteiger partial charge in [0, 0.05) is 12.2 Å². The number of carbonyl (C=O) groups is 2. The third-order valence-corrected chi connectivity index (χ3v) is 4.84. The lowest BCUT2D eigenvalue weighted by molar-refractivity contribution is -0.862. The van der Waals surface area contributed by atoms with E-state index in [0.29, 0.717) is 22.3 Å². The topological polar surface area (TPSA) is 62.6 Å². The molecule has 0 bridgehead atoms. The molecule has 0 saturated carbocycles. The average Bonchev–Trinajstić information content (AvgIpc) is 2.59. The van der Waals surface area contributed by atoms with Crippen LogP contribution in [0.3, 0.4) is 0 Å². The van der Waals surface area contributed by atoms with E-state index >= 15 is 0 Å². The molecule has 0 aliphatic heterocycles. The van der Waals surface area contributed by atoms with E-state index in [9.17, 15) is 9.59 Å². The Hall–Kier alpha value is -2.08. The highest BCUT2D eigenvalue weighted by atomic mass is 35.5. The molecule has 7 heteroatoms. The van der Waals surface area contributed by atoms with Crippen LogP contribution < -0.4 is 15.5 Å². The van der Waals surface area contributed by atoms with Crippen molar-refractivity contribution < 1.29 is 14.5 Å². The summed E-state index contributed by atoms with van der Waals surface area (Å²) in [5.74, 6) is -0.276. The molecule has 2 aromatic rings. The Balaban J connectivity index is 1.71. The molecule has 5 nitrogen and oxygen atoms in total. The summed E-state index contributed by atoms with van der Waals surface area (Å²) in [4.78, 5) is 24.9. The fourth-order valence-electron chi connectivity index (χ4n) is 2.68. The monoisotopic (exact) mass is 408 g/mol. The van der Waals surface area contributed by atoms with Gasteiger partial charge in [-0.25, -0.2) is 0 Å². The number of hydrogen-bond acceptors (Lipinski definition) is 2. The molecule has 0 aliphatic rings. The minimum Gasteiger partial charge on any atom is -0.351 e. The molecule has 3 N–H and O–H groups in total. The maximum Gasteiger partial charge on any atom is 0.279 e. The molecule has 1 atom stereocenters. The average molecular weight is 409 g/mol. The van der Waals surface area contributed by atoms with Crippen LogP contribution in [0.15, 0.2) is 42.5 Å². The van der Waals surface area contributed by atoms with Crippen LogP contribution in [0, 0.1) is 6.92 Å². The number of rotatable bonds is 8. The van der Waals surface area contributed by atoms with Gasteiger partial charge in [0.1, 0.15) is 0 Å². The van der Waals surface area contributed by atoms with Crippen molar-refractivity contribution in [3.63, 3.8) is 0 Å². The van der Waals surface area contributed by atoms with Gasteiger partial charge in [-0.05, 0) is 42.7 Å². The highest BCUT2D eigenvalue weighted by molar-refractivity contribution is 6.42. The summed E-state index contributed by atoms with van der Waals surface area (Å²) in [6, 6.07) is 13.0. The summed E-state index contributed by atoms with van der Waals surface area (Å²) >= 11 is 11.8. The Bertz CT molecular complexity index is 812. The number of aryl methyl sites for hydroxylation is 1. The molecule has 0 radical (unpaired) electrons. The van der Waals surface area contributed by atoms with Crippen LogP contribution in [0.25, 0.3) is 0 Å². The van der Waals surface area contributed by atoms with Crippen LogP contribution in [0.5, 0.6) is 0 Å². The Kier molecular flexibility index (Phi) is 8.10. The van der Waals surface area contributed by atoms with Gasteiger partial charge in [-0.3, -0.25) is 9.59 Å². The number of carbonyl (C=O) groups excluding carboxylic acids is 2. The molecule has 0 aromatic heterocycles. The quantitative estimate of drug-likeness (QED) is 0.626. The SMILES string of the molecule is Cc1ccccc1CCNC(=O)C[NH+](C)CC(=O)Nc1ccc(Cl)c(Cl)c1. The summed E-state index contributed by atoms with van der Waals surface area (Å²) < 4.78 is 0. The molecular weight excluding hydrogens is 385 g/mol. The van der Waals surface area contributed by atoms with Crippen molar-refractivity contribution in [3.8, 4) is 0 Å². The van der Waals surface area contributed by atoms with Gasteiger partial charge < -0.3 is 15.5 Å². The van der Waals surface area contributed by atoms with E-state index in [-0.39, 0.29) is 24.9 Å². The van der Waals surface area contributed by atoms with Crippen LogP contribution >= 0.6 is 23.2 Å². The zero-order valence-electron chi connectivity index (χ0n) is 15.4. The molecular formula is C20H24Cl2N3O2+. The molecule has 27 heavy (non-hydrogen) atoms. The second-order valence-corrected chi connectivity index (χ2v) is 7.33. The number of halogens is 2. The highest BCUT2D eigenvalue weighted by Crippen LogP contribution is 2.24. The molecule has 0 spiro atoms. The zero-order valence-corrected chi connectivity index (χ0v) is 17.0. The number of anilines is 1. The summed E-state index contributed by atoms with van der Waals surface area (Å²) in [7, 11) is 1.80. The van der Waals surface area contributed by atoms with Crippen molar-refractivity contribution in [1.29, 1.82) is 0 Å². The first-order chi connectivity index (χ1) is 12.8. The summed E-state index contributed by atoms with van der Waals surface area (Å²) in [6.45, 7) is 3.03. The number of nitrogens with one attached hydrogen (secondary N) is 3. The fraction of sp³-hybridized carbons (Fsp3) is 0.300. The van der Waals surface area contributed by atoms with Crippen molar-refractivity contribution in [3.05, 3.63) is 63.6 Å². The van der Waals surface area contributed by atoms with E-state index in [1.807, 2.05) is 12.1 Å². The maximum absolute atomic E-state index is 12.1. The summed E-state index contributed by atoms with van der Waals surface area (Å²) in [6.07, 6.45) is 0.787. The Labute approximate surface area is 169 Å². The van der Waals surface area contributed by atoms with Crippen LogP contribution in [0.2, 0.25) is 10.0 Å². The maximum atomic E-state index is 12.1. The van der Waals surface area contributed by atoms with Crippen molar-refractivity contribution >= 4 is 40.7 Å². The van der Waals surface area contributed by atoms with Gasteiger partial charge in [0.2, 0.25) is 0 Å². The van der Waals surface area contributed by atoms with E-state index in [2.05, 4.69) is 29.7 Å². The molecule has 2 amide bonds. The van der Waals surface area contributed by atoms with Crippen molar-refractivity contribution in [2.45, 2.75) is 13.3 Å². The van der Waals surface area contributed by atoms with Crippen LogP contribution in [0.1, 0.15) is 11.1 Å². The van der Waals surface area contributed by atoms with Crippen molar-refractivity contribution in [1.82, 2.24) is 5.32 Å². The molecule has 144 valence electrons. The Morgan fingerprint density at radius 3 is 2.41 bits per heavy atom. The summed E-state index contributed by atoms with van der Waals surface area (Å²) in [5, 5.41) is 6.46. The molecule has 2 rings (SSSR count). The van der Waals surface area contributed by atoms with E-state index in [4.69, 9.17) is 23.2 Å². The van der Waals surface area contributed by atoms with E-state index in [0.717, 1.165) is 11.3 Å². The van der Waals surface area contributed by atoms with Gasteiger partial charge in [0.25, 0.3) is 11.8 Å². The standard InChI is InChI=1S/C20H23Cl2N3O2/c1-14-5-3-4-6-15(14)9-10-23-19(26)12-25(2)13-20(27)24-16-7-8-17(21)18(22)11-16/h3-8,11H,9-10,12-13H2,1-2H3,(H,23,26)(H,24,27)/p+1. The third-order valence-electron chi connectivity index (χ3n) is 4.11. The number of hydrogen-bond donors (Lipinski definition) is 3. The highest BCUT2D eigenvalue weighted by Gasteiger charge is 2.14. The normalized spacial score (nSPS) is 11.7. The predicted octanol–water partition coefficient (Wildman–Crippen LogP) is 2.11. The molecule has 0 aliphatic carbocycles. The fourth-order valence-corrected chi connectivity index (χ4v) is 2.98. The first-order valence-corrected chi connectivity index (χ1v) is 9.48. The molecule has 0 fully saturated rings. The molecule has 1 unspecified atom stereocenters. The largest absolute Gasteiger partial charge is 0.351 e. The molecule has 0 heterocycles. The van der Waals surface area contributed by atoms with E-state index in [1.54, 1.807) is 25.2 Å². The summed E-state index contributed by atoms with van der Waals surface area (Å²) in [5.41, 5.74) is 3.01. The number of benzene rings is 2. The minimum absolute atomic E-state index is 0.0802. The van der Waals surface area contributed by atoms with Crippen LogP contribution in [-0.2, 0) is 16.0 Å². The van der Waals surface area contributed by atoms with Crippen molar-refractivity contribution in [2.75, 3.05) is 32.0 Å². The van der Waals surface area contributed by atoms with Gasteiger partial charge in [0.15, 0.2) is 13.1 Å². The van der Waals surface area contributed by atoms with Gasteiger partial charge in [0.05, 0.1) is 17.1 Å². The van der Waals surface area contributed by atoms with Gasteiger partial charge in [-0.2, -0.15) is 0 Å². The van der Waals surface area contributed by atoms with Gasteiger partial charge in [-0.15, -0.1) is 0 Å². The number of quaternary nitrogens is 1. The number of likely N-dealkylation sites (N-methyl/N-ethyl adjacent to an activating group) is 1. The smallest absolute Gasteiger partial charge is 0.279 e. The van der Waals surface area contributed by atoms with Gasteiger partial charge >= 0.3 is 0 Å². The van der Waals surface area contributed by atoms with Crippen molar-refractivity contribution in [2.24, 2.45) is 0 Å². The lowest BCUT2D eigenvalue weighted by atomic mass is 10.1. The lowest BCUT2D eigenvalue weighted by Gasteiger charge is -2.14.